The lowest BCUT2D eigenvalue weighted by Gasteiger charge is -2.43. The summed E-state index contributed by atoms with van der Waals surface area (Å²) in [5.74, 6) is 0. The zero-order chi connectivity index (χ0) is 13.8. The van der Waals surface area contributed by atoms with Crippen LogP contribution in [0.4, 0.5) is 0 Å². The van der Waals surface area contributed by atoms with E-state index in [9.17, 15) is 0 Å². The van der Waals surface area contributed by atoms with E-state index in [1.807, 2.05) is 0 Å². The molecule has 0 nitrogen and oxygen atoms in total. The lowest BCUT2D eigenvalue weighted by Crippen LogP contribution is -2.32. The van der Waals surface area contributed by atoms with Gasteiger partial charge in [-0.15, -0.1) is 0 Å². The van der Waals surface area contributed by atoms with E-state index in [0.29, 0.717) is 0 Å². The van der Waals surface area contributed by atoms with E-state index in [2.05, 4.69) is 0 Å². The van der Waals surface area contributed by atoms with E-state index in [4.69, 9.17) is 11.2 Å². The van der Waals surface area contributed by atoms with E-state index in [0.717, 1.165) is 17.0 Å². The van der Waals surface area contributed by atoms with Gasteiger partial charge in [0.2, 0.25) is 0 Å². The zero-order valence-corrected chi connectivity index (χ0v) is 14.8. The van der Waals surface area contributed by atoms with E-state index in [1.165, 1.54) is 96.3 Å². The van der Waals surface area contributed by atoms with Gasteiger partial charge in [0.15, 0.2) is 0 Å². The van der Waals surface area contributed by atoms with Crippen LogP contribution in [0.5, 0.6) is 0 Å². The minimum absolute atomic E-state index is 0.948. The minimum Gasteiger partial charge on any atom is -0.0530 e. The van der Waals surface area contributed by atoms with Crippen LogP contribution in [0.1, 0.15) is 96.3 Å². The molecular weight excluding hydrogens is 283 g/mol. The second-order valence-corrected chi connectivity index (χ2v) is 13.0. The largest absolute Gasteiger partial charge is 0.122 e. The summed E-state index contributed by atoms with van der Waals surface area (Å²) in [7, 11) is 0. The summed E-state index contributed by atoms with van der Waals surface area (Å²) in [5, 5.41) is 0. The minimum atomic E-state index is -1.22. The lowest BCUT2D eigenvalue weighted by atomic mass is 9.99. The molecule has 0 aliphatic heterocycles. The third-order valence-electron chi connectivity index (χ3n) is 6.40. The van der Waals surface area contributed by atoms with Crippen molar-refractivity contribution in [3.05, 3.63) is 0 Å². The number of hydrogen-bond acceptors (Lipinski definition) is 0. The van der Waals surface area contributed by atoms with Crippen LogP contribution < -0.4 is 0 Å². The molecule has 3 aliphatic carbocycles. The fourth-order valence-electron chi connectivity index (χ4n) is 5.32. The van der Waals surface area contributed by atoms with E-state index in [-0.39, 0.29) is 0 Å². The molecule has 0 bridgehead atoms. The molecule has 0 N–H and O–H groups in total. The maximum atomic E-state index is 7.69. The maximum Gasteiger partial charge on any atom is 0.122 e. The van der Waals surface area contributed by atoms with E-state index >= 15 is 0 Å². The van der Waals surface area contributed by atoms with Crippen molar-refractivity contribution in [1.82, 2.24) is 0 Å². The van der Waals surface area contributed by atoms with Crippen LogP contribution >= 0.6 is 17.9 Å². The predicted molar refractivity (Wildman–Crippen MR) is 93.4 cm³/mol. The SMILES string of the molecule is Cl[P+](C1CCCCC1)(C1CCCCC1)C1CCCCC1. The van der Waals surface area contributed by atoms with Crippen LogP contribution in [0.15, 0.2) is 0 Å². The molecule has 0 spiro atoms. The summed E-state index contributed by atoms with van der Waals surface area (Å²) in [5.41, 5.74) is 2.84. The molecule has 0 saturated heterocycles. The average Bonchev–Trinajstić information content (AvgIpc) is 2.56. The van der Waals surface area contributed by atoms with Gasteiger partial charge in [-0.1, -0.05) is 19.3 Å². The van der Waals surface area contributed by atoms with Gasteiger partial charge < -0.3 is 0 Å². The van der Waals surface area contributed by atoms with Crippen LogP contribution in [0.25, 0.3) is 0 Å². The van der Waals surface area contributed by atoms with Gasteiger partial charge in [0.05, 0.1) is 28.2 Å². The first-order valence-corrected chi connectivity index (χ1v) is 12.3. The molecule has 0 unspecified atom stereocenters. The Balaban J connectivity index is 1.79. The highest BCUT2D eigenvalue weighted by Gasteiger charge is 2.56. The Labute approximate surface area is 131 Å². The molecule has 2 heteroatoms. The van der Waals surface area contributed by atoms with Crippen molar-refractivity contribution in [1.29, 1.82) is 0 Å². The molecule has 116 valence electrons. The third kappa shape index (κ3) is 3.22. The molecule has 0 atom stereocenters. The number of rotatable bonds is 3. The normalized spacial score (nSPS) is 28.6. The van der Waals surface area contributed by atoms with Gasteiger partial charge in [-0.05, 0) is 77.0 Å². The maximum absolute atomic E-state index is 7.69. The number of halogens is 1. The third-order valence-corrected chi connectivity index (χ3v) is 13.8. The quantitative estimate of drug-likeness (QED) is 0.485. The van der Waals surface area contributed by atoms with Crippen molar-refractivity contribution < 1.29 is 0 Å². The van der Waals surface area contributed by atoms with Crippen LogP contribution in [0, 0.1) is 0 Å². The summed E-state index contributed by atoms with van der Waals surface area (Å²) in [6, 6.07) is 0. The molecule has 3 aliphatic rings. The van der Waals surface area contributed by atoms with E-state index < -0.39 is 6.62 Å². The van der Waals surface area contributed by atoms with Gasteiger partial charge >= 0.3 is 0 Å². The van der Waals surface area contributed by atoms with Crippen LogP contribution in [0.3, 0.4) is 0 Å². The topological polar surface area (TPSA) is 0 Å². The summed E-state index contributed by atoms with van der Waals surface area (Å²) < 4.78 is 0. The van der Waals surface area contributed by atoms with Gasteiger partial charge in [-0.3, -0.25) is 0 Å². The Kier molecular flexibility index (Phi) is 5.72. The highest BCUT2D eigenvalue weighted by Crippen LogP contribution is 2.80. The Bertz CT molecular complexity index is 240. The second kappa shape index (κ2) is 7.32. The van der Waals surface area contributed by atoms with Crippen molar-refractivity contribution >= 4 is 17.9 Å². The molecular formula is C18H33ClP+. The van der Waals surface area contributed by atoms with Crippen molar-refractivity contribution in [3.8, 4) is 0 Å². The fourth-order valence-corrected chi connectivity index (χ4v) is 12.3. The Morgan fingerprint density at radius 2 is 0.700 bits per heavy atom. The summed E-state index contributed by atoms with van der Waals surface area (Å²) in [4.78, 5) is 0. The first kappa shape index (κ1) is 15.6. The molecule has 0 heterocycles. The van der Waals surface area contributed by atoms with Gasteiger partial charge in [-0.25, -0.2) is 0 Å². The highest BCUT2D eigenvalue weighted by atomic mass is 35.7. The van der Waals surface area contributed by atoms with Crippen LogP contribution in [-0.2, 0) is 0 Å². The molecule has 0 aromatic heterocycles. The van der Waals surface area contributed by atoms with E-state index in [1.54, 1.807) is 0 Å². The lowest BCUT2D eigenvalue weighted by molar-refractivity contribution is 0.457. The molecule has 20 heavy (non-hydrogen) atoms. The molecule has 0 amide bonds. The van der Waals surface area contributed by atoms with Crippen LogP contribution in [-0.4, -0.2) is 17.0 Å². The average molecular weight is 316 g/mol. The highest BCUT2D eigenvalue weighted by molar-refractivity contribution is 8.00. The van der Waals surface area contributed by atoms with Crippen molar-refractivity contribution in [2.45, 2.75) is 113 Å². The van der Waals surface area contributed by atoms with Crippen molar-refractivity contribution in [2.24, 2.45) is 0 Å². The smallest absolute Gasteiger partial charge is 0.0530 e. The molecule has 3 saturated carbocycles. The monoisotopic (exact) mass is 315 g/mol. The Morgan fingerprint density at radius 1 is 0.450 bits per heavy atom. The van der Waals surface area contributed by atoms with Gasteiger partial charge in [-0.2, -0.15) is 0 Å². The van der Waals surface area contributed by atoms with Crippen molar-refractivity contribution in [3.63, 3.8) is 0 Å². The molecule has 0 aromatic rings. The van der Waals surface area contributed by atoms with Gasteiger partial charge in [0.1, 0.15) is 6.62 Å². The fraction of sp³-hybridized carbons (Fsp3) is 1.00. The molecule has 0 aromatic carbocycles. The first-order chi connectivity index (χ1) is 9.82. The summed E-state index contributed by atoms with van der Waals surface area (Å²) >= 11 is 7.69. The molecule has 0 radical (unpaired) electrons. The summed E-state index contributed by atoms with van der Waals surface area (Å²) in [6.45, 7) is -1.22. The zero-order valence-electron chi connectivity index (χ0n) is 13.2. The second-order valence-electron chi connectivity index (χ2n) is 7.62. The van der Waals surface area contributed by atoms with Gasteiger partial charge in [0.25, 0.3) is 0 Å². The Morgan fingerprint density at radius 3 is 0.950 bits per heavy atom. The molecule has 3 fully saturated rings. The molecule has 3 rings (SSSR count). The Hall–Kier alpha value is 0.720. The number of hydrogen-bond donors (Lipinski definition) is 0. The van der Waals surface area contributed by atoms with Crippen LogP contribution in [0.2, 0.25) is 0 Å². The predicted octanol–water partition coefficient (Wildman–Crippen LogP) is 7.16. The van der Waals surface area contributed by atoms with Gasteiger partial charge in [0, 0.05) is 0 Å². The van der Waals surface area contributed by atoms with Crippen molar-refractivity contribution in [2.75, 3.05) is 0 Å². The standard InChI is InChI=1S/C18H33ClP/c19-20(16-10-4-1-5-11-16,17-12-6-2-7-13-17)18-14-8-3-9-15-18/h16-18H,1-15H2/q+1. The first-order valence-electron chi connectivity index (χ1n) is 9.39. The summed E-state index contributed by atoms with van der Waals surface area (Å²) in [6.07, 6.45) is 22.1.